The van der Waals surface area contributed by atoms with Crippen LogP contribution in [0.5, 0.6) is 0 Å². The molecule has 0 amide bonds. The Morgan fingerprint density at radius 2 is 1.96 bits per heavy atom. The lowest BCUT2D eigenvalue weighted by Gasteiger charge is -2.10. The summed E-state index contributed by atoms with van der Waals surface area (Å²) in [6, 6.07) is 13.4. The molecular formula is C16H11N7. The smallest absolute Gasteiger partial charge is 0.186 e. The number of pyridine rings is 1. The fourth-order valence-electron chi connectivity index (χ4n) is 2.64. The van der Waals surface area contributed by atoms with Crippen LogP contribution >= 0.6 is 0 Å². The van der Waals surface area contributed by atoms with Gasteiger partial charge in [-0.3, -0.25) is 0 Å². The van der Waals surface area contributed by atoms with Crippen LogP contribution in [-0.2, 0) is 0 Å². The maximum atomic E-state index is 9.50. The van der Waals surface area contributed by atoms with E-state index in [9.17, 15) is 5.26 Å². The molecule has 2 N–H and O–H groups in total. The maximum absolute atomic E-state index is 9.50. The highest BCUT2D eigenvalue weighted by Crippen LogP contribution is 2.32. The molecule has 4 rings (SSSR count). The number of hydrogen-bond acceptors (Lipinski definition) is 6. The van der Waals surface area contributed by atoms with E-state index < -0.39 is 0 Å². The number of rotatable bonds is 1. The fourth-order valence-corrected chi connectivity index (χ4v) is 2.64. The van der Waals surface area contributed by atoms with Gasteiger partial charge in [-0.1, -0.05) is 30.3 Å². The summed E-state index contributed by atoms with van der Waals surface area (Å²) < 4.78 is 1.60. The van der Waals surface area contributed by atoms with Crippen LogP contribution in [0.1, 0.15) is 11.3 Å². The SMILES string of the molecule is Cc1cc2nnc3c(-c4ccccc4)c(C#N)c(N)nc3n2n1. The predicted molar refractivity (Wildman–Crippen MR) is 85.4 cm³/mol. The lowest BCUT2D eigenvalue weighted by molar-refractivity contribution is 0.910. The maximum Gasteiger partial charge on any atom is 0.186 e. The van der Waals surface area contributed by atoms with Crippen LogP contribution in [0.15, 0.2) is 36.4 Å². The van der Waals surface area contributed by atoms with Crippen LogP contribution in [0.25, 0.3) is 27.9 Å². The molecule has 0 bridgehead atoms. The normalized spacial score (nSPS) is 11.0. The van der Waals surface area contributed by atoms with Gasteiger partial charge in [0.05, 0.1) is 5.69 Å². The summed E-state index contributed by atoms with van der Waals surface area (Å²) in [5.41, 5.74) is 10.1. The van der Waals surface area contributed by atoms with Gasteiger partial charge in [-0.2, -0.15) is 14.9 Å². The van der Waals surface area contributed by atoms with Gasteiger partial charge in [-0.05, 0) is 12.5 Å². The number of nitriles is 1. The van der Waals surface area contributed by atoms with Crippen LogP contribution in [-0.4, -0.2) is 24.8 Å². The highest BCUT2D eigenvalue weighted by molar-refractivity contribution is 5.95. The first-order valence-corrected chi connectivity index (χ1v) is 6.97. The van der Waals surface area contributed by atoms with Crippen LogP contribution in [0.2, 0.25) is 0 Å². The summed E-state index contributed by atoms with van der Waals surface area (Å²) in [4.78, 5) is 4.33. The molecule has 0 spiro atoms. The number of anilines is 1. The third kappa shape index (κ3) is 1.89. The summed E-state index contributed by atoms with van der Waals surface area (Å²) in [5.74, 6) is 0.154. The topological polar surface area (TPSA) is 106 Å². The number of nitrogens with two attached hydrogens (primary N) is 1. The first-order valence-electron chi connectivity index (χ1n) is 6.97. The lowest BCUT2D eigenvalue weighted by Crippen LogP contribution is -2.06. The largest absolute Gasteiger partial charge is 0.383 e. The van der Waals surface area contributed by atoms with E-state index >= 15 is 0 Å². The Labute approximate surface area is 131 Å². The average Bonchev–Trinajstić information content (AvgIpc) is 2.95. The lowest BCUT2D eigenvalue weighted by atomic mass is 10.0. The molecule has 7 nitrogen and oxygen atoms in total. The van der Waals surface area contributed by atoms with Gasteiger partial charge in [0, 0.05) is 11.6 Å². The van der Waals surface area contributed by atoms with E-state index in [1.807, 2.05) is 43.3 Å². The molecule has 1 aromatic carbocycles. The van der Waals surface area contributed by atoms with Gasteiger partial charge in [0.25, 0.3) is 0 Å². The van der Waals surface area contributed by atoms with E-state index in [1.165, 1.54) is 0 Å². The van der Waals surface area contributed by atoms with E-state index in [4.69, 9.17) is 5.73 Å². The molecule has 0 unspecified atom stereocenters. The molecule has 0 fully saturated rings. The minimum atomic E-state index is 0.154. The Hall–Kier alpha value is -3.53. The van der Waals surface area contributed by atoms with E-state index in [2.05, 4.69) is 26.3 Å². The standard InChI is InChI=1S/C16H11N7/c1-9-7-12-20-21-14-13(10-5-3-2-4-6-10)11(8-17)15(18)19-16(14)23(12)22-9/h2-7H,1H3,(H2,18,19). The fraction of sp³-hybridized carbons (Fsp3) is 0.0625. The highest BCUT2D eigenvalue weighted by atomic mass is 15.3. The molecule has 23 heavy (non-hydrogen) atoms. The second-order valence-corrected chi connectivity index (χ2v) is 5.15. The minimum Gasteiger partial charge on any atom is -0.383 e. The van der Waals surface area contributed by atoms with Gasteiger partial charge in [0.1, 0.15) is 23.0 Å². The monoisotopic (exact) mass is 301 g/mol. The molecule has 0 saturated carbocycles. The second kappa shape index (κ2) is 4.74. The van der Waals surface area contributed by atoms with Crippen molar-refractivity contribution in [3.8, 4) is 17.2 Å². The zero-order chi connectivity index (χ0) is 16.0. The van der Waals surface area contributed by atoms with Crippen molar-refractivity contribution in [2.75, 3.05) is 5.73 Å². The first kappa shape index (κ1) is 13.2. The van der Waals surface area contributed by atoms with Crippen molar-refractivity contribution in [3.05, 3.63) is 47.7 Å². The minimum absolute atomic E-state index is 0.154. The van der Waals surface area contributed by atoms with Crippen LogP contribution < -0.4 is 5.73 Å². The van der Waals surface area contributed by atoms with E-state index in [1.54, 1.807) is 4.52 Å². The van der Waals surface area contributed by atoms with Crippen molar-refractivity contribution in [2.24, 2.45) is 0 Å². The summed E-state index contributed by atoms with van der Waals surface area (Å²) in [6.07, 6.45) is 0. The van der Waals surface area contributed by atoms with E-state index in [0.29, 0.717) is 27.9 Å². The summed E-state index contributed by atoms with van der Waals surface area (Å²) >= 11 is 0. The number of benzene rings is 1. The second-order valence-electron chi connectivity index (χ2n) is 5.15. The van der Waals surface area contributed by atoms with Gasteiger partial charge >= 0.3 is 0 Å². The quantitative estimate of drug-likeness (QED) is 0.577. The molecule has 4 aromatic rings. The number of aryl methyl sites for hydroxylation is 1. The zero-order valence-corrected chi connectivity index (χ0v) is 12.2. The summed E-state index contributed by atoms with van der Waals surface area (Å²) in [6.45, 7) is 1.87. The Morgan fingerprint density at radius 1 is 1.17 bits per heavy atom. The summed E-state index contributed by atoms with van der Waals surface area (Å²) in [5, 5.41) is 22.3. The number of nitrogens with zero attached hydrogens (tertiary/aromatic N) is 6. The Bertz CT molecular complexity index is 1090. The molecule has 0 aliphatic rings. The molecule has 3 heterocycles. The molecular weight excluding hydrogens is 290 g/mol. The Morgan fingerprint density at radius 3 is 2.70 bits per heavy atom. The van der Waals surface area contributed by atoms with E-state index in [0.717, 1.165) is 11.3 Å². The molecule has 0 saturated heterocycles. The van der Waals surface area contributed by atoms with Gasteiger partial charge < -0.3 is 5.73 Å². The van der Waals surface area contributed by atoms with Crippen molar-refractivity contribution >= 4 is 22.6 Å². The molecule has 0 atom stereocenters. The predicted octanol–water partition coefficient (Wildman–Crippen LogP) is 2.10. The van der Waals surface area contributed by atoms with Gasteiger partial charge in [-0.15, -0.1) is 10.2 Å². The van der Waals surface area contributed by atoms with Crippen LogP contribution in [0.4, 0.5) is 5.82 Å². The first-order chi connectivity index (χ1) is 11.2. The van der Waals surface area contributed by atoms with Crippen molar-refractivity contribution < 1.29 is 0 Å². The highest BCUT2D eigenvalue weighted by Gasteiger charge is 2.19. The van der Waals surface area contributed by atoms with E-state index in [-0.39, 0.29) is 5.82 Å². The van der Waals surface area contributed by atoms with Gasteiger partial charge in [0.15, 0.2) is 11.3 Å². The Balaban J connectivity index is 2.22. The molecule has 7 heteroatoms. The molecule has 0 aliphatic carbocycles. The molecule has 0 radical (unpaired) electrons. The molecule has 0 aliphatic heterocycles. The third-order valence-electron chi connectivity index (χ3n) is 3.62. The van der Waals surface area contributed by atoms with Gasteiger partial charge in [-0.25, -0.2) is 4.98 Å². The van der Waals surface area contributed by atoms with Crippen LogP contribution in [0.3, 0.4) is 0 Å². The molecule has 3 aromatic heterocycles. The number of nitrogen functional groups attached to an aromatic ring is 1. The van der Waals surface area contributed by atoms with Gasteiger partial charge in [0.2, 0.25) is 0 Å². The summed E-state index contributed by atoms with van der Waals surface area (Å²) in [7, 11) is 0. The third-order valence-corrected chi connectivity index (χ3v) is 3.62. The van der Waals surface area contributed by atoms with Crippen LogP contribution in [0, 0.1) is 18.3 Å². The average molecular weight is 301 g/mol. The van der Waals surface area contributed by atoms with Crippen molar-refractivity contribution in [1.82, 2.24) is 24.8 Å². The number of aromatic nitrogens is 5. The zero-order valence-electron chi connectivity index (χ0n) is 12.2. The van der Waals surface area contributed by atoms with Crippen molar-refractivity contribution in [2.45, 2.75) is 6.92 Å². The Kier molecular flexibility index (Phi) is 2.71. The van der Waals surface area contributed by atoms with Crippen molar-refractivity contribution in [1.29, 1.82) is 5.26 Å². The number of fused-ring (bicyclic) bond motifs is 3. The molecule has 110 valence electrons. The number of hydrogen-bond donors (Lipinski definition) is 1. The van der Waals surface area contributed by atoms with Crippen molar-refractivity contribution in [3.63, 3.8) is 0 Å².